The van der Waals surface area contributed by atoms with Crippen molar-refractivity contribution in [3.63, 3.8) is 0 Å². The number of nitrogens with one attached hydrogen (secondary N) is 1. The minimum absolute atomic E-state index is 0.199. The zero-order valence-electron chi connectivity index (χ0n) is 16.8. The molecule has 0 bridgehead atoms. The summed E-state index contributed by atoms with van der Waals surface area (Å²) in [5, 5.41) is 2.91. The molecule has 1 aliphatic heterocycles. The molecule has 2 aromatic carbocycles. The van der Waals surface area contributed by atoms with Crippen molar-refractivity contribution in [1.82, 2.24) is 9.97 Å². The van der Waals surface area contributed by atoms with Crippen LogP contribution < -0.4 is 15.1 Å². The number of aromatic nitrogens is 2. The maximum Gasteiger partial charge on any atom is 0.258 e. The van der Waals surface area contributed by atoms with Crippen LogP contribution in [0.1, 0.15) is 21.5 Å². The first-order valence-electron chi connectivity index (χ1n) is 9.86. The van der Waals surface area contributed by atoms with Gasteiger partial charge < -0.3 is 15.1 Å². The van der Waals surface area contributed by atoms with Gasteiger partial charge in [-0.2, -0.15) is 0 Å². The number of carbonyl (C=O) groups is 1. The molecule has 0 atom stereocenters. The van der Waals surface area contributed by atoms with Gasteiger partial charge in [-0.15, -0.1) is 0 Å². The standard InChI is InChI=1S/C23H25N5O/c1-17-6-5-8-20(14-17)27-10-12-28(13-11-27)23-24-15-19(16-25-23)22(29)26-21-9-4-3-7-18(21)2/h3-9,14-16H,10-13H2,1-2H3,(H,26,29). The van der Waals surface area contributed by atoms with Crippen LogP contribution in [0, 0.1) is 13.8 Å². The maximum atomic E-state index is 12.5. The number of hydrogen-bond donors (Lipinski definition) is 1. The Bertz CT molecular complexity index is 994. The van der Waals surface area contributed by atoms with Crippen LogP contribution in [-0.4, -0.2) is 42.1 Å². The Morgan fingerprint density at radius 2 is 1.59 bits per heavy atom. The number of nitrogens with zero attached hydrogens (tertiary/aromatic N) is 4. The summed E-state index contributed by atoms with van der Waals surface area (Å²) in [6.07, 6.45) is 3.20. The van der Waals surface area contributed by atoms with Gasteiger partial charge in [-0.25, -0.2) is 9.97 Å². The number of carbonyl (C=O) groups excluding carboxylic acids is 1. The highest BCUT2D eigenvalue weighted by Crippen LogP contribution is 2.20. The summed E-state index contributed by atoms with van der Waals surface area (Å²) in [4.78, 5) is 25.9. The van der Waals surface area contributed by atoms with E-state index in [1.54, 1.807) is 12.4 Å². The molecule has 1 fully saturated rings. The summed E-state index contributed by atoms with van der Waals surface area (Å²) in [6.45, 7) is 7.62. The molecule has 1 saturated heterocycles. The van der Waals surface area contributed by atoms with Crippen LogP contribution in [-0.2, 0) is 0 Å². The average molecular weight is 387 g/mol. The fraction of sp³-hybridized carbons (Fsp3) is 0.261. The highest BCUT2D eigenvalue weighted by molar-refractivity contribution is 6.04. The zero-order chi connectivity index (χ0) is 20.2. The van der Waals surface area contributed by atoms with E-state index in [0.717, 1.165) is 37.4 Å². The molecule has 6 nitrogen and oxygen atoms in total. The summed E-state index contributed by atoms with van der Waals surface area (Å²) in [7, 11) is 0. The van der Waals surface area contributed by atoms with Crippen molar-refractivity contribution in [3.05, 3.63) is 77.6 Å². The summed E-state index contributed by atoms with van der Waals surface area (Å²) in [5.74, 6) is 0.469. The number of rotatable bonds is 4. The third-order valence-corrected chi connectivity index (χ3v) is 5.22. The van der Waals surface area contributed by atoms with Crippen molar-refractivity contribution in [2.24, 2.45) is 0 Å². The van der Waals surface area contributed by atoms with E-state index in [9.17, 15) is 4.79 Å². The Hall–Kier alpha value is -3.41. The lowest BCUT2D eigenvalue weighted by Crippen LogP contribution is -2.47. The van der Waals surface area contributed by atoms with Gasteiger partial charge in [-0.05, 0) is 43.2 Å². The molecule has 4 rings (SSSR count). The molecular weight excluding hydrogens is 362 g/mol. The second kappa shape index (κ2) is 8.31. The molecule has 1 aliphatic rings. The molecular formula is C23H25N5O. The van der Waals surface area contributed by atoms with E-state index in [1.807, 2.05) is 31.2 Å². The van der Waals surface area contributed by atoms with Gasteiger partial charge in [-0.1, -0.05) is 30.3 Å². The molecule has 0 saturated carbocycles. The van der Waals surface area contributed by atoms with Gasteiger partial charge in [0.2, 0.25) is 5.95 Å². The average Bonchev–Trinajstić information content (AvgIpc) is 2.75. The van der Waals surface area contributed by atoms with Gasteiger partial charge in [0.25, 0.3) is 5.91 Å². The lowest BCUT2D eigenvalue weighted by atomic mass is 10.2. The molecule has 0 unspecified atom stereocenters. The van der Waals surface area contributed by atoms with Crippen LogP contribution in [0.5, 0.6) is 0 Å². The second-order valence-electron chi connectivity index (χ2n) is 7.35. The van der Waals surface area contributed by atoms with Crippen molar-refractivity contribution in [2.45, 2.75) is 13.8 Å². The molecule has 1 amide bonds. The predicted octanol–water partition coefficient (Wildman–Crippen LogP) is 3.67. The monoisotopic (exact) mass is 387 g/mol. The van der Waals surface area contributed by atoms with E-state index in [-0.39, 0.29) is 5.91 Å². The topological polar surface area (TPSA) is 61.4 Å². The first-order chi connectivity index (χ1) is 14.1. The smallest absolute Gasteiger partial charge is 0.258 e. The van der Waals surface area contributed by atoms with Gasteiger partial charge in [0.1, 0.15) is 0 Å². The number of aryl methyl sites for hydroxylation is 2. The molecule has 0 radical (unpaired) electrons. The fourth-order valence-corrected chi connectivity index (χ4v) is 3.50. The first-order valence-corrected chi connectivity index (χ1v) is 9.86. The molecule has 29 heavy (non-hydrogen) atoms. The Labute approximate surface area is 171 Å². The molecule has 0 spiro atoms. The molecule has 1 aromatic heterocycles. The third kappa shape index (κ3) is 4.37. The van der Waals surface area contributed by atoms with Crippen LogP contribution in [0.3, 0.4) is 0 Å². The molecule has 1 N–H and O–H groups in total. The van der Waals surface area contributed by atoms with E-state index in [1.165, 1.54) is 11.3 Å². The summed E-state index contributed by atoms with van der Waals surface area (Å²) < 4.78 is 0. The van der Waals surface area contributed by atoms with E-state index in [0.29, 0.717) is 11.5 Å². The minimum Gasteiger partial charge on any atom is -0.368 e. The Morgan fingerprint density at radius 3 is 2.28 bits per heavy atom. The second-order valence-corrected chi connectivity index (χ2v) is 7.35. The quantitative estimate of drug-likeness (QED) is 0.740. The predicted molar refractivity (Wildman–Crippen MR) is 117 cm³/mol. The third-order valence-electron chi connectivity index (χ3n) is 5.22. The van der Waals surface area contributed by atoms with Crippen molar-refractivity contribution >= 4 is 23.2 Å². The highest BCUT2D eigenvalue weighted by Gasteiger charge is 2.20. The van der Waals surface area contributed by atoms with Gasteiger partial charge in [0.15, 0.2) is 0 Å². The molecule has 2 heterocycles. The van der Waals surface area contributed by atoms with Gasteiger partial charge in [0, 0.05) is 49.9 Å². The van der Waals surface area contributed by atoms with Crippen molar-refractivity contribution in [2.75, 3.05) is 41.3 Å². The van der Waals surface area contributed by atoms with Gasteiger partial charge in [0.05, 0.1) is 5.56 Å². The molecule has 0 aliphatic carbocycles. The van der Waals surface area contributed by atoms with Crippen molar-refractivity contribution in [1.29, 1.82) is 0 Å². The SMILES string of the molecule is Cc1cccc(N2CCN(c3ncc(C(=O)Nc4ccccc4C)cn3)CC2)c1. The van der Waals surface area contributed by atoms with Crippen LogP contribution in [0.4, 0.5) is 17.3 Å². The number of para-hydroxylation sites is 1. The lowest BCUT2D eigenvalue weighted by Gasteiger charge is -2.36. The molecule has 3 aromatic rings. The Kier molecular flexibility index (Phi) is 5.42. The summed E-state index contributed by atoms with van der Waals surface area (Å²) >= 11 is 0. The van der Waals surface area contributed by atoms with Crippen LogP contribution >= 0.6 is 0 Å². The van der Waals surface area contributed by atoms with Crippen LogP contribution in [0.2, 0.25) is 0 Å². The van der Waals surface area contributed by atoms with Gasteiger partial charge in [-0.3, -0.25) is 4.79 Å². The summed E-state index contributed by atoms with van der Waals surface area (Å²) in [5.41, 5.74) is 4.80. The highest BCUT2D eigenvalue weighted by atomic mass is 16.1. The Morgan fingerprint density at radius 1 is 0.897 bits per heavy atom. The Balaban J connectivity index is 1.37. The van der Waals surface area contributed by atoms with Gasteiger partial charge >= 0.3 is 0 Å². The fourth-order valence-electron chi connectivity index (χ4n) is 3.50. The van der Waals surface area contributed by atoms with Crippen LogP contribution in [0.15, 0.2) is 60.9 Å². The van der Waals surface area contributed by atoms with Crippen molar-refractivity contribution in [3.8, 4) is 0 Å². The number of hydrogen-bond acceptors (Lipinski definition) is 5. The number of amides is 1. The van der Waals surface area contributed by atoms with E-state index >= 15 is 0 Å². The lowest BCUT2D eigenvalue weighted by molar-refractivity contribution is 0.102. The molecule has 148 valence electrons. The first kappa shape index (κ1) is 18.9. The van der Waals surface area contributed by atoms with E-state index < -0.39 is 0 Å². The number of anilines is 3. The summed E-state index contributed by atoms with van der Waals surface area (Å²) in [6, 6.07) is 16.3. The molecule has 6 heteroatoms. The largest absolute Gasteiger partial charge is 0.368 e. The number of piperazine rings is 1. The van der Waals surface area contributed by atoms with E-state index in [2.05, 4.69) is 56.3 Å². The van der Waals surface area contributed by atoms with Crippen LogP contribution in [0.25, 0.3) is 0 Å². The van der Waals surface area contributed by atoms with Crippen molar-refractivity contribution < 1.29 is 4.79 Å². The number of benzene rings is 2. The maximum absolute atomic E-state index is 12.5. The van der Waals surface area contributed by atoms with E-state index in [4.69, 9.17) is 0 Å². The zero-order valence-corrected chi connectivity index (χ0v) is 16.8. The minimum atomic E-state index is -0.199. The normalized spacial score (nSPS) is 14.0.